The van der Waals surface area contributed by atoms with Crippen molar-refractivity contribution in [1.82, 2.24) is 9.97 Å². The molecule has 2 aromatic heterocycles. The highest BCUT2D eigenvalue weighted by Crippen LogP contribution is 2.32. The minimum Gasteiger partial charge on any atom is -0.481 e. The lowest BCUT2D eigenvalue weighted by molar-refractivity contribution is -0.140. The van der Waals surface area contributed by atoms with Gasteiger partial charge in [0, 0.05) is 18.0 Å². The van der Waals surface area contributed by atoms with Gasteiger partial charge in [0.2, 0.25) is 0 Å². The van der Waals surface area contributed by atoms with Crippen molar-refractivity contribution >= 4 is 67.5 Å². The summed E-state index contributed by atoms with van der Waals surface area (Å²) in [6, 6.07) is 5.81. The van der Waals surface area contributed by atoms with Crippen LogP contribution in [0.4, 0.5) is 15.6 Å². The molecule has 0 saturated heterocycles. The fourth-order valence-corrected chi connectivity index (χ4v) is 6.48. The maximum absolute atomic E-state index is 13.3. The number of nitrogens with zero attached hydrogens (tertiary/aromatic N) is 3. The average molecular weight is 491 g/mol. The Balaban J connectivity index is 1.49. The molecule has 1 saturated carbocycles. The molecule has 1 atom stereocenters. The minimum absolute atomic E-state index is 0.201. The predicted molar refractivity (Wildman–Crippen MR) is 132 cm³/mol. The molecule has 2 heterocycles. The molecule has 1 aromatic carbocycles. The molecule has 1 aliphatic rings. The van der Waals surface area contributed by atoms with Crippen molar-refractivity contribution in [3.63, 3.8) is 0 Å². The number of benzene rings is 1. The van der Waals surface area contributed by atoms with Crippen molar-refractivity contribution in [1.29, 1.82) is 0 Å². The summed E-state index contributed by atoms with van der Waals surface area (Å²) in [4.78, 5) is 35.0. The Kier molecular flexibility index (Phi) is 7.32. The number of aromatic nitrogens is 2. The number of aryl methyl sites for hydroxylation is 1. The van der Waals surface area contributed by atoms with E-state index in [1.807, 2.05) is 30.0 Å². The third-order valence-corrected chi connectivity index (χ3v) is 8.87. The highest BCUT2D eigenvalue weighted by atomic mass is 32.2. The Labute approximate surface area is 199 Å². The number of hydrogen-bond acceptors (Lipinski definition) is 7. The van der Waals surface area contributed by atoms with Gasteiger partial charge >= 0.3 is 12.0 Å². The molecule has 2 amide bonds. The van der Waals surface area contributed by atoms with Crippen LogP contribution in [0.5, 0.6) is 0 Å². The molecule has 0 spiro atoms. The summed E-state index contributed by atoms with van der Waals surface area (Å²) >= 11 is 4.46. The number of urea groups is 1. The van der Waals surface area contributed by atoms with Crippen LogP contribution in [0.15, 0.2) is 28.6 Å². The van der Waals surface area contributed by atoms with Crippen molar-refractivity contribution in [2.45, 2.75) is 43.7 Å². The predicted octanol–water partition coefficient (Wildman–Crippen LogP) is 6.10. The van der Waals surface area contributed by atoms with Gasteiger partial charge in [0.15, 0.2) is 5.13 Å². The Morgan fingerprint density at radius 3 is 2.84 bits per heavy atom. The first-order valence-corrected chi connectivity index (χ1v) is 13.3. The van der Waals surface area contributed by atoms with E-state index in [-0.39, 0.29) is 6.03 Å². The first-order chi connectivity index (χ1) is 15.4. The number of anilines is 2. The van der Waals surface area contributed by atoms with Gasteiger partial charge in [-0.1, -0.05) is 31.1 Å². The summed E-state index contributed by atoms with van der Waals surface area (Å²) in [5.74, 6) is -0.295. The van der Waals surface area contributed by atoms with Crippen molar-refractivity contribution in [3.05, 3.63) is 29.4 Å². The molecule has 2 N–H and O–H groups in total. The van der Waals surface area contributed by atoms with E-state index in [0.717, 1.165) is 38.0 Å². The molecule has 0 radical (unpaired) electrons. The fraction of sp³-hybridized carbons (Fsp3) is 0.455. The number of carboxylic acid groups (broad SMARTS) is 1. The van der Waals surface area contributed by atoms with E-state index in [1.54, 1.807) is 24.5 Å². The van der Waals surface area contributed by atoms with Gasteiger partial charge in [0.05, 0.1) is 31.5 Å². The number of nitrogens with one attached hydrogen (secondary N) is 1. The van der Waals surface area contributed by atoms with Crippen LogP contribution in [0.1, 0.15) is 37.6 Å². The van der Waals surface area contributed by atoms with Gasteiger partial charge in [0.25, 0.3) is 0 Å². The summed E-state index contributed by atoms with van der Waals surface area (Å²) in [7, 11) is 0. The maximum Gasteiger partial charge on any atom is 0.328 e. The van der Waals surface area contributed by atoms with Gasteiger partial charge < -0.3 is 5.11 Å². The molecule has 1 fully saturated rings. The summed E-state index contributed by atoms with van der Waals surface area (Å²) in [6.45, 7) is 4.34. The zero-order valence-corrected chi connectivity index (χ0v) is 20.5. The van der Waals surface area contributed by atoms with E-state index in [2.05, 4.69) is 15.3 Å². The van der Waals surface area contributed by atoms with E-state index in [0.29, 0.717) is 23.3 Å². The molecular formula is C22H26N4O3S3. The first-order valence-electron chi connectivity index (χ1n) is 10.7. The van der Waals surface area contributed by atoms with E-state index in [1.165, 1.54) is 35.9 Å². The zero-order chi connectivity index (χ0) is 22.7. The lowest BCUT2D eigenvalue weighted by Crippen LogP contribution is -2.38. The van der Waals surface area contributed by atoms with Crippen molar-refractivity contribution in [3.8, 4) is 0 Å². The standard InChI is InChI=1S/C22H26N4O3S3/c1-13(20(27)28)12-30-19-10-23-21(32-19)25-22(29)26(11-15-5-3-4-6-15)16-7-8-18-17(9-16)24-14(2)31-18/h7-10,13,15H,3-6,11-12H2,1-2H3,(H,27,28)(H,23,25,29). The number of amides is 2. The molecule has 170 valence electrons. The molecule has 32 heavy (non-hydrogen) atoms. The Morgan fingerprint density at radius 2 is 2.09 bits per heavy atom. The molecule has 1 unspecified atom stereocenters. The van der Waals surface area contributed by atoms with Gasteiger partial charge in [-0.15, -0.1) is 23.1 Å². The number of aliphatic carboxylic acids is 1. The average Bonchev–Trinajstić information content (AvgIpc) is 3.50. The van der Waals surface area contributed by atoms with E-state index < -0.39 is 11.9 Å². The highest BCUT2D eigenvalue weighted by Gasteiger charge is 2.24. The maximum atomic E-state index is 13.3. The molecule has 0 aliphatic heterocycles. The number of thioether (sulfide) groups is 1. The van der Waals surface area contributed by atoms with Crippen LogP contribution in [-0.4, -0.2) is 39.4 Å². The Hall–Kier alpha value is -2.17. The summed E-state index contributed by atoms with van der Waals surface area (Å²) in [5, 5.41) is 13.5. The second-order valence-electron chi connectivity index (χ2n) is 8.11. The number of carbonyl (C=O) groups is 2. The largest absolute Gasteiger partial charge is 0.481 e. The lowest BCUT2D eigenvalue weighted by atomic mass is 10.1. The highest BCUT2D eigenvalue weighted by molar-refractivity contribution is 8.01. The van der Waals surface area contributed by atoms with Gasteiger partial charge in [-0.2, -0.15) is 0 Å². The minimum atomic E-state index is -0.814. The van der Waals surface area contributed by atoms with Crippen molar-refractivity contribution < 1.29 is 14.7 Å². The monoisotopic (exact) mass is 490 g/mol. The molecule has 7 nitrogen and oxygen atoms in total. The number of hydrogen-bond donors (Lipinski definition) is 2. The molecule has 3 aromatic rings. The SMILES string of the molecule is Cc1nc2cc(N(CC3CCCC3)C(=O)Nc3ncc(SCC(C)C(=O)O)s3)ccc2s1. The molecule has 10 heteroatoms. The first kappa shape index (κ1) is 23.0. The van der Waals surface area contributed by atoms with Crippen LogP contribution >= 0.6 is 34.4 Å². The number of carboxylic acids is 1. The van der Waals surface area contributed by atoms with E-state index >= 15 is 0 Å². The van der Waals surface area contributed by atoms with Crippen LogP contribution < -0.4 is 10.2 Å². The molecular weight excluding hydrogens is 464 g/mol. The zero-order valence-electron chi connectivity index (χ0n) is 18.0. The molecule has 1 aliphatic carbocycles. The van der Waals surface area contributed by atoms with Crippen molar-refractivity contribution in [2.75, 3.05) is 22.5 Å². The second kappa shape index (κ2) is 10.2. The fourth-order valence-electron chi connectivity index (χ4n) is 3.78. The van der Waals surface area contributed by atoms with Crippen LogP contribution in [-0.2, 0) is 4.79 Å². The second-order valence-corrected chi connectivity index (χ2v) is 11.7. The normalized spacial score (nSPS) is 15.2. The lowest BCUT2D eigenvalue weighted by Gasteiger charge is -2.25. The van der Waals surface area contributed by atoms with Crippen LogP contribution in [0.25, 0.3) is 10.2 Å². The van der Waals surface area contributed by atoms with Gasteiger partial charge in [-0.25, -0.2) is 14.8 Å². The number of fused-ring (bicyclic) bond motifs is 1. The summed E-state index contributed by atoms with van der Waals surface area (Å²) in [6.07, 6.45) is 6.40. The van der Waals surface area contributed by atoms with Crippen LogP contribution in [0.2, 0.25) is 0 Å². The quantitative estimate of drug-likeness (QED) is 0.370. The third kappa shape index (κ3) is 5.60. The van der Waals surface area contributed by atoms with Crippen LogP contribution in [0, 0.1) is 18.8 Å². The Morgan fingerprint density at radius 1 is 1.31 bits per heavy atom. The van der Waals surface area contributed by atoms with Crippen molar-refractivity contribution in [2.24, 2.45) is 11.8 Å². The Bertz CT molecular complexity index is 1110. The van der Waals surface area contributed by atoms with E-state index in [9.17, 15) is 9.59 Å². The third-order valence-electron chi connectivity index (χ3n) is 5.55. The number of thiazole rings is 2. The summed E-state index contributed by atoms with van der Waals surface area (Å²) < 4.78 is 2.00. The van der Waals surface area contributed by atoms with Gasteiger partial charge in [0.1, 0.15) is 0 Å². The van der Waals surface area contributed by atoms with E-state index in [4.69, 9.17) is 5.11 Å². The summed E-state index contributed by atoms with van der Waals surface area (Å²) in [5.41, 5.74) is 1.75. The number of rotatable bonds is 8. The van der Waals surface area contributed by atoms with Crippen LogP contribution in [0.3, 0.4) is 0 Å². The van der Waals surface area contributed by atoms with Gasteiger partial charge in [-0.3, -0.25) is 15.0 Å². The molecule has 0 bridgehead atoms. The smallest absolute Gasteiger partial charge is 0.328 e. The molecule has 4 rings (SSSR count). The number of carbonyl (C=O) groups excluding carboxylic acids is 1. The van der Waals surface area contributed by atoms with Gasteiger partial charge in [-0.05, 0) is 43.9 Å². The topological polar surface area (TPSA) is 95.4 Å².